The predicted molar refractivity (Wildman–Crippen MR) is 63.9 cm³/mol. The summed E-state index contributed by atoms with van der Waals surface area (Å²) >= 11 is 5.47. The Morgan fingerprint density at radius 2 is 2.00 bits per heavy atom. The van der Waals surface area contributed by atoms with Gasteiger partial charge in [-0.3, -0.25) is 0 Å². The molecule has 0 bridgehead atoms. The standard InChI is InChI=1S/C10H17ClN4O/c1-8-9(2)14-15-10(13-8)12-5-3-6-16-7-4-11/h3-7H2,1-2H3,(H,12,13,15). The Labute approximate surface area is 101 Å². The van der Waals surface area contributed by atoms with Crippen LogP contribution in [-0.4, -0.2) is 40.8 Å². The fraction of sp³-hybridized carbons (Fsp3) is 0.700. The molecule has 0 atom stereocenters. The van der Waals surface area contributed by atoms with Crippen LogP contribution in [0, 0.1) is 13.8 Å². The summed E-state index contributed by atoms with van der Waals surface area (Å²) in [4.78, 5) is 4.26. The monoisotopic (exact) mass is 244 g/mol. The van der Waals surface area contributed by atoms with Gasteiger partial charge in [0.05, 0.1) is 18.0 Å². The van der Waals surface area contributed by atoms with Gasteiger partial charge in [0.1, 0.15) is 0 Å². The fourth-order valence-electron chi connectivity index (χ4n) is 1.06. The third kappa shape index (κ3) is 4.72. The SMILES string of the molecule is Cc1nnc(NCCCOCCCl)nc1C. The molecule has 5 nitrogen and oxygen atoms in total. The maximum atomic E-state index is 5.47. The molecule has 0 spiro atoms. The van der Waals surface area contributed by atoms with Gasteiger partial charge in [-0.05, 0) is 20.3 Å². The number of hydrogen-bond donors (Lipinski definition) is 1. The van der Waals surface area contributed by atoms with Crippen molar-refractivity contribution in [2.24, 2.45) is 0 Å². The zero-order valence-electron chi connectivity index (χ0n) is 9.66. The first-order valence-electron chi connectivity index (χ1n) is 5.29. The van der Waals surface area contributed by atoms with E-state index >= 15 is 0 Å². The van der Waals surface area contributed by atoms with Crippen LogP contribution < -0.4 is 5.32 Å². The van der Waals surface area contributed by atoms with Crippen LogP contribution in [0.2, 0.25) is 0 Å². The van der Waals surface area contributed by atoms with Gasteiger partial charge in [0, 0.05) is 19.0 Å². The van der Waals surface area contributed by atoms with Gasteiger partial charge in [0.25, 0.3) is 0 Å². The van der Waals surface area contributed by atoms with Gasteiger partial charge >= 0.3 is 0 Å². The number of hydrogen-bond acceptors (Lipinski definition) is 5. The van der Waals surface area contributed by atoms with Crippen molar-refractivity contribution in [3.8, 4) is 0 Å². The number of nitrogens with zero attached hydrogens (tertiary/aromatic N) is 3. The molecule has 1 aromatic heterocycles. The molecule has 0 amide bonds. The molecule has 1 N–H and O–H groups in total. The van der Waals surface area contributed by atoms with Crippen molar-refractivity contribution in [3.05, 3.63) is 11.4 Å². The molecule has 0 aliphatic carbocycles. The van der Waals surface area contributed by atoms with Crippen LogP contribution in [0.5, 0.6) is 0 Å². The van der Waals surface area contributed by atoms with E-state index in [4.69, 9.17) is 16.3 Å². The topological polar surface area (TPSA) is 59.9 Å². The van der Waals surface area contributed by atoms with Gasteiger partial charge in [-0.1, -0.05) is 0 Å². The Bertz CT molecular complexity index is 322. The summed E-state index contributed by atoms with van der Waals surface area (Å²) in [7, 11) is 0. The van der Waals surface area contributed by atoms with Crippen LogP contribution in [0.3, 0.4) is 0 Å². The average molecular weight is 245 g/mol. The molecule has 0 aliphatic rings. The Morgan fingerprint density at radius 3 is 2.69 bits per heavy atom. The minimum Gasteiger partial charge on any atom is -0.380 e. The lowest BCUT2D eigenvalue weighted by molar-refractivity contribution is 0.149. The Hall–Kier alpha value is -0.940. The number of nitrogens with one attached hydrogen (secondary N) is 1. The van der Waals surface area contributed by atoms with Crippen molar-refractivity contribution in [2.75, 3.05) is 31.0 Å². The predicted octanol–water partition coefficient (Wildman–Crippen LogP) is 1.55. The van der Waals surface area contributed by atoms with Gasteiger partial charge in [0.2, 0.25) is 5.95 Å². The molecule has 0 aromatic carbocycles. The molecule has 0 fully saturated rings. The Balaban J connectivity index is 2.19. The molecule has 0 radical (unpaired) electrons. The smallest absolute Gasteiger partial charge is 0.242 e. The van der Waals surface area contributed by atoms with E-state index in [-0.39, 0.29) is 0 Å². The number of ether oxygens (including phenoxy) is 1. The third-order valence-corrected chi connectivity index (χ3v) is 2.22. The molecule has 0 saturated heterocycles. The van der Waals surface area contributed by atoms with Crippen molar-refractivity contribution in [2.45, 2.75) is 20.3 Å². The van der Waals surface area contributed by atoms with Gasteiger partial charge in [-0.15, -0.1) is 16.7 Å². The summed E-state index contributed by atoms with van der Waals surface area (Å²) in [6, 6.07) is 0. The Kier molecular flexibility index (Phi) is 6.03. The second kappa shape index (κ2) is 7.35. The number of aryl methyl sites for hydroxylation is 2. The number of anilines is 1. The molecule has 0 saturated carbocycles. The van der Waals surface area contributed by atoms with Crippen LogP contribution in [-0.2, 0) is 4.74 Å². The number of rotatable bonds is 7. The largest absolute Gasteiger partial charge is 0.380 e. The zero-order valence-corrected chi connectivity index (χ0v) is 10.4. The number of alkyl halides is 1. The van der Waals surface area contributed by atoms with Crippen molar-refractivity contribution >= 4 is 17.5 Å². The van der Waals surface area contributed by atoms with Crippen LogP contribution in [0.4, 0.5) is 5.95 Å². The number of halogens is 1. The second-order valence-corrected chi connectivity index (χ2v) is 3.77. The van der Waals surface area contributed by atoms with E-state index in [9.17, 15) is 0 Å². The van der Waals surface area contributed by atoms with Crippen LogP contribution >= 0.6 is 11.6 Å². The zero-order chi connectivity index (χ0) is 11.8. The first-order valence-corrected chi connectivity index (χ1v) is 5.83. The third-order valence-electron chi connectivity index (χ3n) is 2.06. The molecule has 0 aliphatic heterocycles. The van der Waals surface area contributed by atoms with Crippen molar-refractivity contribution < 1.29 is 4.74 Å². The lowest BCUT2D eigenvalue weighted by Crippen LogP contribution is -2.10. The minimum absolute atomic E-state index is 0.539. The minimum atomic E-state index is 0.539. The van der Waals surface area contributed by atoms with Crippen molar-refractivity contribution in [3.63, 3.8) is 0 Å². The normalized spacial score (nSPS) is 10.4. The van der Waals surface area contributed by atoms with E-state index in [1.165, 1.54) is 0 Å². The highest BCUT2D eigenvalue weighted by Gasteiger charge is 1.99. The van der Waals surface area contributed by atoms with E-state index in [2.05, 4.69) is 20.5 Å². The van der Waals surface area contributed by atoms with Crippen LogP contribution in [0.15, 0.2) is 0 Å². The molecular formula is C10H17ClN4O. The van der Waals surface area contributed by atoms with E-state index in [0.29, 0.717) is 25.0 Å². The summed E-state index contributed by atoms with van der Waals surface area (Å²) < 4.78 is 5.24. The van der Waals surface area contributed by atoms with Gasteiger partial charge in [-0.2, -0.15) is 5.10 Å². The first kappa shape index (κ1) is 13.1. The van der Waals surface area contributed by atoms with Crippen LogP contribution in [0.25, 0.3) is 0 Å². The lowest BCUT2D eigenvalue weighted by Gasteiger charge is -2.05. The second-order valence-electron chi connectivity index (χ2n) is 3.39. The van der Waals surface area contributed by atoms with Gasteiger partial charge in [0.15, 0.2) is 0 Å². The maximum Gasteiger partial charge on any atom is 0.242 e. The first-order chi connectivity index (χ1) is 7.74. The highest BCUT2D eigenvalue weighted by molar-refractivity contribution is 6.17. The quantitative estimate of drug-likeness (QED) is 0.583. The summed E-state index contributed by atoms with van der Waals surface area (Å²) in [6.07, 6.45) is 0.896. The lowest BCUT2D eigenvalue weighted by atomic mass is 10.4. The summed E-state index contributed by atoms with van der Waals surface area (Å²) in [5, 5.41) is 11.0. The van der Waals surface area contributed by atoms with E-state index in [0.717, 1.165) is 24.4 Å². The summed E-state index contributed by atoms with van der Waals surface area (Å²) in [6.45, 7) is 5.87. The van der Waals surface area contributed by atoms with Crippen LogP contribution in [0.1, 0.15) is 17.8 Å². The molecular weight excluding hydrogens is 228 g/mol. The molecule has 1 aromatic rings. The maximum absolute atomic E-state index is 5.47. The summed E-state index contributed by atoms with van der Waals surface area (Å²) in [5.74, 6) is 1.11. The Morgan fingerprint density at radius 1 is 1.19 bits per heavy atom. The molecule has 6 heteroatoms. The van der Waals surface area contributed by atoms with Crippen molar-refractivity contribution in [1.29, 1.82) is 0 Å². The molecule has 1 heterocycles. The van der Waals surface area contributed by atoms with Crippen molar-refractivity contribution in [1.82, 2.24) is 15.2 Å². The number of aromatic nitrogens is 3. The van der Waals surface area contributed by atoms with E-state index < -0.39 is 0 Å². The highest BCUT2D eigenvalue weighted by Crippen LogP contribution is 2.01. The highest BCUT2D eigenvalue weighted by atomic mass is 35.5. The average Bonchev–Trinajstić information content (AvgIpc) is 2.28. The van der Waals surface area contributed by atoms with E-state index in [1.807, 2.05) is 13.8 Å². The van der Waals surface area contributed by atoms with Gasteiger partial charge in [-0.25, -0.2) is 4.98 Å². The molecule has 1 rings (SSSR count). The van der Waals surface area contributed by atoms with E-state index in [1.54, 1.807) is 0 Å². The molecule has 0 unspecified atom stereocenters. The fourth-order valence-corrected chi connectivity index (χ4v) is 1.17. The summed E-state index contributed by atoms with van der Waals surface area (Å²) in [5.41, 5.74) is 1.76. The van der Waals surface area contributed by atoms with Gasteiger partial charge < -0.3 is 10.1 Å². The molecule has 90 valence electrons. The molecule has 16 heavy (non-hydrogen) atoms.